The summed E-state index contributed by atoms with van der Waals surface area (Å²) in [6.07, 6.45) is 3.30. The summed E-state index contributed by atoms with van der Waals surface area (Å²) in [7, 11) is 1.81. The van der Waals surface area contributed by atoms with Crippen LogP contribution < -0.4 is 5.32 Å². The molecule has 2 atom stereocenters. The van der Waals surface area contributed by atoms with E-state index in [-0.39, 0.29) is 11.0 Å². The number of aliphatic imine (C=N–C) groups is 1. The topological polar surface area (TPSA) is 60.4 Å². The number of methoxy groups -OCH3 is 1. The molecule has 0 aromatic carbocycles. The van der Waals surface area contributed by atoms with Crippen molar-refractivity contribution in [3.05, 3.63) is 0 Å². The fourth-order valence-corrected chi connectivity index (χ4v) is 4.64. The number of likely N-dealkylation sites (tertiary alicyclic amines) is 1. The van der Waals surface area contributed by atoms with Gasteiger partial charge in [-0.1, -0.05) is 13.8 Å². The maximum absolute atomic E-state index is 12.4. The van der Waals surface area contributed by atoms with E-state index in [1.807, 2.05) is 12.0 Å². The lowest BCUT2D eigenvalue weighted by Gasteiger charge is -2.59. The van der Waals surface area contributed by atoms with Gasteiger partial charge in [0, 0.05) is 64.4 Å². The van der Waals surface area contributed by atoms with E-state index in [0.29, 0.717) is 18.5 Å². The predicted octanol–water partition coefficient (Wildman–Crippen LogP) is 1.40. The van der Waals surface area contributed by atoms with Crippen LogP contribution in [0, 0.1) is 5.41 Å². The maximum Gasteiger partial charge on any atom is 0.236 e. The van der Waals surface area contributed by atoms with Crippen molar-refractivity contribution in [3.8, 4) is 0 Å². The first kappa shape index (κ1) is 21.4. The van der Waals surface area contributed by atoms with Crippen molar-refractivity contribution >= 4 is 11.9 Å². The molecule has 7 heteroatoms. The lowest BCUT2D eigenvalue weighted by Crippen LogP contribution is -2.70. The van der Waals surface area contributed by atoms with E-state index in [1.54, 1.807) is 0 Å². The Kier molecular flexibility index (Phi) is 6.54. The summed E-state index contributed by atoms with van der Waals surface area (Å²) >= 11 is 0. The number of amides is 1. The Labute approximate surface area is 170 Å². The molecular weight excluding hydrogens is 354 g/mol. The minimum absolute atomic E-state index is 0.0558. The molecule has 0 spiro atoms. The van der Waals surface area contributed by atoms with Gasteiger partial charge in [0.15, 0.2) is 5.96 Å². The van der Waals surface area contributed by atoms with Crippen LogP contribution in [0.2, 0.25) is 0 Å². The smallest absolute Gasteiger partial charge is 0.236 e. The van der Waals surface area contributed by atoms with Crippen molar-refractivity contribution in [1.82, 2.24) is 20.0 Å². The monoisotopic (exact) mass is 393 g/mol. The third-order valence-corrected chi connectivity index (χ3v) is 7.38. The average Bonchev–Trinajstić information content (AvgIpc) is 3.22. The lowest BCUT2D eigenvalue weighted by atomic mass is 9.56. The van der Waals surface area contributed by atoms with Gasteiger partial charge in [0.1, 0.15) is 0 Å². The molecule has 1 aliphatic carbocycles. The molecule has 3 fully saturated rings. The molecule has 0 aromatic heterocycles. The molecule has 0 radical (unpaired) electrons. The van der Waals surface area contributed by atoms with Crippen LogP contribution >= 0.6 is 0 Å². The van der Waals surface area contributed by atoms with Crippen LogP contribution in [0.5, 0.6) is 0 Å². The minimum atomic E-state index is -0.0867. The molecule has 0 bridgehead atoms. The van der Waals surface area contributed by atoms with Crippen LogP contribution in [0.1, 0.15) is 47.0 Å². The fourth-order valence-electron chi connectivity index (χ4n) is 4.64. The highest BCUT2D eigenvalue weighted by molar-refractivity contribution is 5.81. The van der Waals surface area contributed by atoms with Crippen LogP contribution in [0.25, 0.3) is 0 Å². The zero-order chi connectivity index (χ0) is 20.4. The van der Waals surface area contributed by atoms with Crippen LogP contribution in [0.3, 0.4) is 0 Å². The number of carbonyl (C=O) groups excluding carboxylic acids is 1. The quantitative estimate of drug-likeness (QED) is 0.565. The molecule has 2 saturated heterocycles. The second kappa shape index (κ2) is 8.57. The van der Waals surface area contributed by atoms with E-state index in [4.69, 9.17) is 9.73 Å². The Bertz CT molecular complexity index is 579. The molecule has 28 heavy (non-hydrogen) atoms. The fraction of sp³-hybridized carbons (Fsp3) is 0.905. The third-order valence-electron chi connectivity index (χ3n) is 7.38. The van der Waals surface area contributed by atoms with Crippen LogP contribution in [0.4, 0.5) is 0 Å². The van der Waals surface area contributed by atoms with Crippen molar-refractivity contribution in [1.29, 1.82) is 0 Å². The van der Waals surface area contributed by atoms with E-state index >= 15 is 0 Å². The number of nitrogens with zero attached hydrogens (tertiary/aromatic N) is 4. The van der Waals surface area contributed by atoms with Crippen LogP contribution in [0.15, 0.2) is 4.99 Å². The lowest BCUT2D eigenvalue weighted by molar-refractivity contribution is -0.177. The molecule has 160 valence electrons. The van der Waals surface area contributed by atoms with Crippen LogP contribution in [-0.2, 0) is 9.53 Å². The highest BCUT2D eigenvalue weighted by Gasteiger charge is 2.58. The minimum Gasteiger partial charge on any atom is -0.378 e. The number of ether oxygens (including phenoxy) is 1. The molecule has 2 aliphatic heterocycles. The van der Waals surface area contributed by atoms with E-state index in [2.05, 4.69) is 42.8 Å². The van der Waals surface area contributed by atoms with E-state index in [9.17, 15) is 4.79 Å². The Hall–Kier alpha value is -1.34. The molecule has 0 aromatic rings. The molecule has 3 rings (SSSR count). The van der Waals surface area contributed by atoms with Gasteiger partial charge in [-0.2, -0.15) is 0 Å². The standard InChI is InChI=1S/C21H39N5O2/c1-6-22-19(23-17-15-21(4,28-5)20(17,2)3)26-13-11-24(12-14-26)16-18(27)25-9-7-8-10-25/h17H,6-16H2,1-5H3,(H,22,23). The zero-order valence-corrected chi connectivity index (χ0v) is 18.5. The molecule has 1 N–H and O–H groups in total. The van der Waals surface area contributed by atoms with E-state index < -0.39 is 0 Å². The Morgan fingerprint density at radius 2 is 1.71 bits per heavy atom. The van der Waals surface area contributed by atoms with Gasteiger partial charge in [-0.05, 0) is 33.1 Å². The highest BCUT2D eigenvalue weighted by atomic mass is 16.5. The first-order valence-corrected chi connectivity index (χ1v) is 10.9. The number of guanidine groups is 1. The third kappa shape index (κ3) is 4.15. The number of hydrogen-bond donors (Lipinski definition) is 1. The second-order valence-electron chi connectivity index (χ2n) is 9.21. The van der Waals surface area contributed by atoms with Gasteiger partial charge in [-0.25, -0.2) is 0 Å². The SMILES string of the molecule is CCN=C(NC1CC(C)(OC)C1(C)C)N1CCN(CC(=O)N2CCCC2)CC1. The predicted molar refractivity (Wildman–Crippen MR) is 113 cm³/mol. The summed E-state index contributed by atoms with van der Waals surface area (Å²) < 4.78 is 5.76. The van der Waals surface area contributed by atoms with Crippen LogP contribution in [-0.4, -0.2) is 97.7 Å². The number of hydrogen-bond acceptors (Lipinski definition) is 4. The first-order chi connectivity index (χ1) is 13.3. The average molecular weight is 394 g/mol. The molecule has 1 amide bonds. The number of carbonyl (C=O) groups is 1. The van der Waals surface area contributed by atoms with Gasteiger partial charge in [0.25, 0.3) is 0 Å². The van der Waals surface area contributed by atoms with Gasteiger partial charge in [-0.15, -0.1) is 0 Å². The Morgan fingerprint density at radius 3 is 2.25 bits per heavy atom. The normalized spacial score (nSPS) is 31.0. The maximum atomic E-state index is 12.4. The highest BCUT2D eigenvalue weighted by Crippen LogP contribution is 2.51. The van der Waals surface area contributed by atoms with Crippen molar-refractivity contribution in [3.63, 3.8) is 0 Å². The van der Waals surface area contributed by atoms with Gasteiger partial charge in [0.2, 0.25) is 5.91 Å². The zero-order valence-electron chi connectivity index (χ0n) is 18.5. The molecule has 1 saturated carbocycles. The molecule has 2 unspecified atom stereocenters. The molecule has 7 nitrogen and oxygen atoms in total. The summed E-state index contributed by atoms with van der Waals surface area (Å²) in [5, 5.41) is 3.71. The molecule has 2 heterocycles. The Morgan fingerprint density at radius 1 is 1.07 bits per heavy atom. The summed E-state index contributed by atoms with van der Waals surface area (Å²) in [5.41, 5.74) is -0.0309. The molecular formula is C21H39N5O2. The number of rotatable bonds is 5. The van der Waals surface area contributed by atoms with Gasteiger partial charge in [-0.3, -0.25) is 14.7 Å². The van der Waals surface area contributed by atoms with Crippen molar-refractivity contribution in [2.24, 2.45) is 10.4 Å². The first-order valence-electron chi connectivity index (χ1n) is 10.9. The van der Waals surface area contributed by atoms with Gasteiger partial charge >= 0.3 is 0 Å². The Balaban J connectivity index is 1.51. The van der Waals surface area contributed by atoms with Gasteiger partial charge < -0.3 is 19.9 Å². The molecule has 3 aliphatic rings. The van der Waals surface area contributed by atoms with E-state index in [1.165, 1.54) is 0 Å². The summed E-state index contributed by atoms with van der Waals surface area (Å²) in [5.74, 6) is 1.30. The van der Waals surface area contributed by atoms with E-state index in [0.717, 1.165) is 71.0 Å². The van der Waals surface area contributed by atoms with Crippen molar-refractivity contribution in [2.75, 3.05) is 59.5 Å². The van der Waals surface area contributed by atoms with Gasteiger partial charge in [0.05, 0.1) is 12.1 Å². The summed E-state index contributed by atoms with van der Waals surface area (Å²) in [6, 6.07) is 0.359. The van der Waals surface area contributed by atoms with Crippen molar-refractivity contribution in [2.45, 2.75) is 58.6 Å². The number of nitrogens with one attached hydrogen (secondary N) is 1. The van der Waals surface area contributed by atoms with Crippen molar-refractivity contribution < 1.29 is 9.53 Å². The number of piperazine rings is 1. The second-order valence-corrected chi connectivity index (χ2v) is 9.21. The summed E-state index contributed by atoms with van der Waals surface area (Å²) in [6.45, 7) is 15.7. The summed E-state index contributed by atoms with van der Waals surface area (Å²) in [4.78, 5) is 23.8. The largest absolute Gasteiger partial charge is 0.378 e.